The Labute approximate surface area is 70.9 Å². The molecule has 1 fully saturated rings. The molecule has 5 nitrogen and oxygen atoms in total. The molecule has 1 radical (unpaired) electrons. The quantitative estimate of drug-likeness (QED) is 0.632. The van der Waals surface area contributed by atoms with E-state index >= 15 is 0 Å². The van der Waals surface area contributed by atoms with Gasteiger partial charge < -0.3 is 19.0 Å². The minimum atomic E-state index is -3.09. The fraction of sp³-hybridized carbons (Fsp3) is 0.833. The monoisotopic (exact) mass is 195 g/mol. The van der Waals surface area contributed by atoms with Crippen molar-refractivity contribution in [3.63, 3.8) is 0 Å². The van der Waals surface area contributed by atoms with Crippen LogP contribution in [0.3, 0.4) is 0 Å². The van der Waals surface area contributed by atoms with Crippen molar-refractivity contribution in [1.29, 1.82) is 0 Å². The number of carbonyl (C=O) groups is 1. The molecule has 0 aromatic carbocycles. The van der Waals surface area contributed by atoms with Crippen molar-refractivity contribution >= 4 is 13.9 Å². The van der Waals surface area contributed by atoms with Gasteiger partial charge in [-0.15, -0.1) is 0 Å². The van der Waals surface area contributed by atoms with Gasteiger partial charge in [-0.05, 0) is 13.8 Å². The van der Waals surface area contributed by atoms with Crippen LogP contribution in [0.4, 0.5) is 0 Å². The summed E-state index contributed by atoms with van der Waals surface area (Å²) < 4.78 is 10.1. The molecule has 0 saturated carbocycles. The van der Waals surface area contributed by atoms with E-state index < -0.39 is 20.1 Å². The Morgan fingerprint density at radius 1 is 1.42 bits per heavy atom. The van der Waals surface area contributed by atoms with E-state index in [0.29, 0.717) is 0 Å². The zero-order valence-electron chi connectivity index (χ0n) is 6.93. The van der Waals surface area contributed by atoms with E-state index in [2.05, 4.69) is 0 Å². The first-order valence-electron chi connectivity index (χ1n) is 3.62. The highest BCUT2D eigenvalue weighted by atomic mass is 31.2. The minimum Gasteiger partial charge on any atom is -0.481 e. The third-order valence-electron chi connectivity index (χ3n) is 1.66. The first-order chi connectivity index (χ1) is 5.43. The van der Waals surface area contributed by atoms with Crippen LogP contribution < -0.4 is 0 Å². The Morgan fingerprint density at radius 3 is 2.17 bits per heavy atom. The summed E-state index contributed by atoms with van der Waals surface area (Å²) in [5.41, 5.74) is 0. The topological polar surface area (TPSA) is 76.0 Å². The smallest absolute Gasteiger partial charge is 0.314 e. The molecule has 6 heteroatoms. The van der Waals surface area contributed by atoms with Crippen LogP contribution in [0.2, 0.25) is 0 Å². The molecule has 0 amide bonds. The summed E-state index contributed by atoms with van der Waals surface area (Å²) >= 11 is 0. The van der Waals surface area contributed by atoms with Crippen LogP contribution in [0.25, 0.3) is 0 Å². The number of rotatable bonds is 2. The van der Waals surface area contributed by atoms with Gasteiger partial charge >= 0.3 is 5.97 Å². The maximum atomic E-state index is 10.3. The molecule has 1 aliphatic heterocycles. The van der Waals surface area contributed by atoms with Gasteiger partial charge in [-0.2, -0.15) is 0 Å². The van der Waals surface area contributed by atoms with E-state index in [4.69, 9.17) is 14.2 Å². The third kappa shape index (κ3) is 2.14. The van der Waals surface area contributed by atoms with Crippen LogP contribution in [0, 0.1) is 0 Å². The normalized spacial score (nSPS) is 41.6. The van der Waals surface area contributed by atoms with Gasteiger partial charge in [0.25, 0.3) is 0 Å². The molecule has 1 rings (SSSR count). The van der Waals surface area contributed by atoms with Gasteiger partial charge in [0.2, 0.25) is 7.94 Å². The summed E-state index contributed by atoms with van der Waals surface area (Å²) in [7, 11) is -3.09. The summed E-state index contributed by atoms with van der Waals surface area (Å²) in [5.74, 6) is -1.10. The molecule has 0 aromatic rings. The van der Waals surface area contributed by atoms with E-state index in [1.807, 2.05) is 0 Å². The van der Waals surface area contributed by atoms with Gasteiger partial charge in [0.05, 0.1) is 12.2 Å². The Kier molecular flexibility index (Phi) is 2.68. The minimum absolute atomic E-state index is 0.234. The van der Waals surface area contributed by atoms with Crippen molar-refractivity contribution in [2.45, 2.75) is 26.1 Å². The molecular formula is C6H12O5P. The Hall–Kier alpha value is -0.220. The van der Waals surface area contributed by atoms with Crippen LogP contribution in [-0.4, -0.2) is 34.3 Å². The number of aliphatic carboxylic acids is 1. The van der Waals surface area contributed by atoms with Crippen molar-refractivity contribution in [2.75, 3.05) is 6.16 Å². The number of carboxylic acid groups (broad SMARTS) is 1. The van der Waals surface area contributed by atoms with Crippen molar-refractivity contribution < 1.29 is 23.8 Å². The number of hydrogen-bond donors (Lipinski definition) is 2. The molecule has 2 atom stereocenters. The van der Waals surface area contributed by atoms with Gasteiger partial charge in [0.1, 0.15) is 6.16 Å². The lowest BCUT2D eigenvalue weighted by Crippen LogP contribution is -2.13. The Bertz CT molecular complexity index is 184. The molecule has 0 aliphatic carbocycles. The largest absolute Gasteiger partial charge is 0.481 e. The molecule has 0 bridgehead atoms. The highest BCUT2D eigenvalue weighted by molar-refractivity contribution is 7.61. The maximum Gasteiger partial charge on any atom is 0.314 e. The maximum absolute atomic E-state index is 10.3. The van der Waals surface area contributed by atoms with Gasteiger partial charge in [-0.25, -0.2) is 0 Å². The molecule has 1 heterocycles. The van der Waals surface area contributed by atoms with Crippen molar-refractivity contribution in [3.8, 4) is 0 Å². The molecule has 0 spiro atoms. The van der Waals surface area contributed by atoms with Crippen molar-refractivity contribution in [2.24, 2.45) is 0 Å². The summed E-state index contributed by atoms with van der Waals surface area (Å²) in [6.45, 7) is 3.48. The first-order valence-corrected chi connectivity index (χ1v) is 5.38. The Balaban J connectivity index is 2.57. The molecule has 71 valence electrons. The second-order valence-corrected chi connectivity index (χ2v) is 4.82. The lowest BCUT2D eigenvalue weighted by atomic mass is 10.3. The summed E-state index contributed by atoms with van der Waals surface area (Å²) in [4.78, 5) is 19.8. The summed E-state index contributed by atoms with van der Waals surface area (Å²) in [6, 6.07) is 0. The van der Waals surface area contributed by atoms with Crippen molar-refractivity contribution in [3.05, 3.63) is 0 Å². The fourth-order valence-electron chi connectivity index (χ4n) is 0.961. The molecule has 0 aromatic heterocycles. The second kappa shape index (κ2) is 3.26. The standard InChI is InChI=1S/C6H12O5P/c1-4-5(2)11-12(9,10-4)3-6(7)8/h4-5,9H,3H2,1-2H3,(H,7,8). The van der Waals surface area contributed by atoms with Crippen LogP contribution in [0.15, 0.2) is 0 Å². The summed E-state index contributed by atoms with van der Waals surface area (Å²) in [5, 5.41) is 8.42. The molecule has 2 unspecified atom stereocenters. The highest BCUT2D eigenvalue weighted by Crippen LogP contribution is 2.63. The van der Waals surface area contributed by atoms with Crippen LogP contribution >= 0.6 is 7.94 Å². The van der Waals surface area contributed by atoms with E-state index in [1.165, 1.54) is 0 Å². The van der Waals surface area contributed by atoms with E-state index in [-0.39, 0.29) is 12.2 Å². The van der Waals surface area contributed by atoms with Gasteiger partial charge in [-0.3, -0.25) is 4.79 Å². The lowest BCUT2D eigenvalue weighted by Gasteiger charge is -2.19. The predicted octanol–water partition coefficient (Wildman–Crippen LogP) is 0.650. The predicted molar refractivity (Wildman–Crippen MR) is 42.7 cm³/mol. The number of hydrogen-bond acceptors (Lipinski definition) is 4. The summed E-state index contributed by atoms with van der Waals surface area (Å²) in [6.07, 6.45) is -0.910. The first kappa shape index (κ1) is 9.86. The Morgan fingerprint density at radius 2 is 1.83 bits per heavy atom. The fourth-order valence-corrected chi connectivity index (χ4v) is 2.88. The lowest BCUT2D eigenvalue weighted by molar-refractivity contribution is -0.134. The number of carboxylic acids is 1. The van der Waals surface area contributed by atoms with E-state index in [0.717, 1.165) is 0 Å². The van der Waals surface area contributed by atoms with Crippen LogP contribution in [0.5, 0.6) is 0 Å². The average molecular weight is 195 g/mol. The molecule has 2 N–H and O–H groups in total. The highest BCUT2D eigenvalue weighted by Gasteiger charge is 2.43. The molecule has 1 aliphatic rings. The zero-order valence-corrected chi connectivity index (χ0v) is 7.82. The van der Waals surface area contributed by atoms with Crippen LogP contribution in [0.1, 0.15) is 13.8 Å². The van der Waals surface area contributed by atoms with Gasteiger partial charge in [0.15, 0.2) is 0 Å². The molecular weight excluding hydrogens is 183 g/mol. The van der Waals surface area contributed by atoms with Gasteiger partial charge in [-0.1, -0.05) is 0 Å². The zero-order chi connectivity index (χ0) is 9.35. The van der Waals surface area contributed by atoms with E-state index in [9.17, 15) is 9.69 Å². The van der Waals surface area contributed by atoms with Gasteiger partial charge in [0, 0.05) is 0 Å². The van der Waals surface area contributed by atoms with Crippen LogP contribution in [-0.2, 0) is 13.8 Å². The van der Waals surface area contributed by atoms with E-state index in [1.54, 1.807) is 13.8 Å². The SMILES string of the molecule is CC1O[P](O)(CC(=O)O)OC1C. The molecule has 12 heavy (non-hydrogen) atoms. The second-order valence-electron chi connectivity index (χ2n) is 2.81. The average Bonchev–Trinajstić information content (AvgIpc) is 2.04. The van der Waals surface area contributed by atoms with Crippen molar-refractivity contribution in [1.82, 2.24) is 0 Å². The molecule has 1 saturated heterocycles. The third-order valence-corrected chi connectivity index (χ3v) is 3.65.